The number of rotatable bonds is 1. The second-order valence-corrected chi connectivity index (χ2v) is 3.74. The quantitative estimate of drug-likeness (QED) is 0.523. The molecule has 1 aliphatic rings. The first-order valence-corrected chi connectivity index (χ1v) is 4.74. The Hall–Kier alpha value is -1.10. The standard InChI is InChI=1S/C10H15N3O/c1-6-9(12-13-10(6)11)7-2-4-8(14)5-3-7/h2-6,9-10,12-14H,11H2,1H3. The zero-order chi connectivity index (χ0) is 10.1. The third-order valence-electron chi connectivity index (χ3n) is 2.75. The number of hydrogen-bond donors (Lipinski definition) is 4. The van der Waals surface area contributed by atoms with Gasteiger partial charge in [-0.15, -0.1) is 0 Å². The summed E-state index contributed by atoms with van der Waals surface area (Å²) in [5.74, 6) is 0.621. The summed E-state index contributed by atoms with van der Waals surface area (Å²) in [6, 6.07) is 7.40. The second kappa shape index (κ2) is 3.57. The van der Waals surface area contributed by atoms with Crippen molar-refractivity contribution < 1.29 is 5.11 Å². The molecule has 4 nitrogen and oxygen atoms in total. The topological polar surface area (TPSA) is 70.3 Å². The van der Waals surface area contributed by atoms with Crippen LogP contribution in [0.4, 0.5) is 0 Å². The highest BCUT2D eigenvalue weighted by Gasteiger charge is 2.30. The zero-order valence-corrected chi connectivity index (χ0v) is 8.07. The normalized spacial score (nSPS) is 32.0. The molecular formula is C10H15N3O. The smallest absolute Gasteiger partial charge is 0.115 e. The average molecular weight is 193 g/mol. The molecule has 1 aromatic rings. The van der Waals surface area contributed by atoms with Crippen LogP contribution in [0, 0.1) is 5.92 Å². The summed E-state index contributed by atoms with van der Waals surface area (Å²) in [6.45, 7) is 2.09. The van der Waals surface area contributed by atoms with E-state index in [2.05, 4.69) is 17.8 Å². The molecule has 0 bridgehead atoms. The van der Waals surface area contributed by atoms with Gasteiger partial charge in [0, 0.05) is 5.92 Å². The molecule has 0 radical (unpaired) electrons. The van der Waals surface area contributed by atoms with Crippen LogP contribution in [0.15, 0.2) is 24.3 Å². The minimum Gasteiger partial charge on any atom is -0.508 e. The van der Waals surface area contributed by atoms with Gasteiger partial charge in [0.05, 0.1) is 12.2 Å². The molecule has 0 amide bonds. The molecule has 5 N–H and O–H groups in total. The number of nitrogens with one attached hydrogen (secondary N) is 2. The summed E-state index contributed by atoms with van der Waals surface area (Å²) in [6.07, 6.45) is -0.0196. The van der Waals surface area contributed by atoms with Gasteiger partial charge in [-0.1, -0.05) is 19.1 Å². The van der Waals surface area contributed by atoms with Crippen LogP contribution in [0.5, 0.6) is 5.75 Å². The lowest BCUT2D eigenvalue weighted by molar-refractivity contribution is 0.459. The molecule has 1 aromatic carbocycles. The molecule has 14 heavy (non-hydrogen) atoms. The summed E-state index contributed by atoms with van der Waals surface area (Å²) in [4.78, 5) is 0. The van der Waals surface area contributed by atoms with Gasteiger partial charge in [-0.2, -0.15) is 0 Å². The van der Waals surface area contributed by atoms with Gasteiger partial charge < -0.3 is 10.8 Å². The van der Waals surface area contributed by atoms with Crippen LogP contribution in [0.2, 0.25) is 0 Å². The van der Waals surface area contributed by atoms with Gasteiger partial charge in [0.1, 0.15) is 5.75 Å². The Morgan fingerprint density at radius 1 is 1.21 bits per heavy atom. The fourth-order valence-electron chi connectivity index (χ4n) is 1.72. The Bertz CT molecular complexity index is 312. The maximum absolute atomic E-state index is 9.16. The summed E-state index contributed by atoms with van der Waals surface area (Å²) in [7, 11) is 0. The summed E-state index contributed by atoms with van der Waals surface area (Å²) < 4.78 is 0. The third-order valence-corrected chi connectivity index (χ3v) is 2.75. The van der Waals surface area contributed by atoms with Crippen molar-refractivity contribution >= 4 is 0 Å². The average Bonchev–Trinajstić information content (AvgIpc) is 2.50. The lowest BCUT2D eigenvalue weighted by atomic mass is 9.95. The largest absolute Gasteiger partial charge is 0.508 e. The highest BCUT2D eigenvalue weighted by Crippen LogP contribution is 2.27. The molecule has 0 aliphatic carbocycles. The van der Waals surface area contributed by atoms with Crippen LogP contribution >= 0.6 is 0 Å². The van der Waals surface area contributed by atoms with E-state index < -0.39 is 0 Å². The van der Waals surface area contributed by atoms with E-state index in [0.717, 1.165) is 5.56 Å². The highest BCUT2D eigenvalue weighted by atomic mass is 16.3. The molecule has 1 heterocycles. The SMILES string of the molecule is CC1C(N)NNC1c1ccc(O)cc1. The van der Waals surface area contributed by atoms with E-state index >= 15 is 0 Å². The van der Waals surface area contributed by atoms with Crippen molar-refractivity contribution in [3.63, 3.8) is 0 Å². The minimum atomic E-state index is -0.0196. The molecule has 0 saturated carbocycles. The second-order valence-electron chi connectivity index (χ2n) is 3.74. The molecule has 3 atom stereocenters. The number of hydrogen-bond acceptors (Lipinski definition) is 4. The van der Waals surface area contributed by atoms with E-state index in [1.807, 2.05) is 12.1 Å². The summed E-state index contributed by atoms with van der Waals surface area (Å²) in [5.41, 5.74) is 13.1. The van der Waals surface area contributed by atoms with Crippen molar-refractivity contribution in [2.24, 2.45) is 11.7 Å². The van der Waals surface area contributed by atoms with Crippen LogP contribution in [0.3, 0.4) is 0 Å². The first-order chi connectivity index (χ1) is 6.68. The number of phenols is 1. The van der Waals surface area contributed by atoms with Crippen LogP contribution in [0.1, 0.15) is 18.5 Å². The van der Waals surface area contributed by atoms with Gasteiger partial charge in [-0.25, -0.2) is 10.9 Å². The van der Waals surface area contributed by atoms with E-state index in [-0.39, 0.29) is 18.0 Å². The zero-order valence-electron chi connectivity index (χ0n) is 8.07. The Kier molecular flexibility index (Phi) is 2.41. The molecule has 4 heteroatoms. The Morgan fingerprint density at radius 3 is 2.36 bits per heavy atom. The number of benzene rings is 1. The van der Waals surface area contributed by atoms with Gasteiger partial charge >= 0.3 is 0 Å². The van der Waals surface area contributed by atoms with Crippen LogP contribution in [0.25, 0.3) is 0 Å². The molecule has 76 valence electrons. The van der Waals surface area contributed by atoms with Gasteiger partial charge in [-0.3, -0.25) is 0 Å². The van der Waals surface area contributed by atoms with E-state index in [9.17, 15) is 0 Å². The van der Waals surface area contributed by atoms with Gasteiger partial charge in [-0.05, 0) is 17.7 Å². The lowest BCUT2D eigenvalue weighted by Crippen LogP contribution is -2.38. The molecule has 2 rings (SSSR count). The molecule has 1 fully saturated rings. The first-order valence-electron chi connectivity index (χ1n) is 4.74. The lowest BCUT2D eigenvalue weighted by Gasteiger charge is -2.16. The van der Waals surface area contributed by atoms with E-state index in [4.69, 9.17) is 10.8 Å². The predicted molar refractivity (Wildman–Crippen MR) is 54.3 cm³/mol. The Balaban J connectivity index is 2.19. The third kappa shape index (κ3) is 1.59. The van der Waals surface area contributed by atoms with Gasteiger partial charge in [0.2, 0.25) is 0 Å². The molecule has 0 aromatic heterocycles. The van der Waals surface area contributed by atoms with Crippen molar-refractivity contribution in [2.75, 3.05) is 0 Å². The van der Waals surface area contributed by atoms with E-state index in [1.165, 1.54) is 0 Å². The molecule has 3 unspecified atom stereocenters. The minimum absolute atomic E-state index is 0.0196. The highest BCUT2D eigenvalue weighted by molar-refractivity contribution is 5.28. The van der Waals surface area contributed by atoms with Gasteiger partial charge in [0.15, 0.2) is 0 Å². The molecule has 0 spiro atoms. The van der Waals surface area contributed by atoms with Crippen LogP contribution < -0.4 is 16.6 Å². The van der Waals surface area contributed by atoms with Crippen LogP contribution in [-0.4, -0.2) is 11.3 Å². The Labute approximate surface area is 83.1 Å². The maximum atomic E-state index is 9.16. The maximum Gasteiger partial charge on any atom is 0.115 e. The Morgan fingerprint density at radius 2 is 1.86 bits per heavy atom. The van der Waals surface area contributed by atoms with Gasteiger partial charge in [0.25, 0.3) is 0 Å². The van der Waals surface area contributed by atoms with E-state index in [1.54, 1.807) is 12.1 Å². The van der Waals surface area contributed by atoms with Crippen molar-refractivity contribution in [2.45, 2.75) is 19.1 Å². The number of phenolic OH excluding ortho intramolecular Hbond substituents is 1. The molecule has 1 saturated heterocycles. The summed E-state index contributed by atoms with van der Waals surface area (Å²) in [5, 5.41) is 9.16. The summed E-state index contributed by atoms with van der Waals surface area (Å²) >= 11 is 0. The van der Waals surface area contributed by atoms with Crippen molar-refractivity contribution in [3.05, 3.63) is 29.8 Å². The first kappa shape index (κ1) is 9.45. The molecule has 1 aliphatic heterocycles. The number of aromatic hydroxyl groups is 1. The van der Waals surface area contributed by atoms with Crippen LogP contribution in [-0.2, 0) is 0 Å². The molecular weight excluding hydrogens is 178 g/mol. The number of hydrazine groups is 1. The monoisotopic (exact) mass is 193 g/mol. The number of nitrogens with two attached hydrogens (primary N) is 1. The predicted octanol–water partition coefficient (Wildman–Crippen LogP) is 0.462. The van der Waals surface area contributed by atoms with E-state index in [0.29, 0.717) is 5.92 Å². The van der Waals surface area contributed by atoms with Crippen molar-refractivity contribution in [1.82, 2.24) is 10.9 Å². The van der Waals surface area contributed by atoms with Crippen molar-refractivity contribution in [1.29, 1.82) is 0 Å². The van der Waals surface area contributed by atoms with Crippen molar-refractivity contribution in [3.8, 4) is 5.75 Å². The fraction of sp³-hybridized carbons (Fsp3) is 0.400. The fourth-order valence-corrected chi connectivity index (χ4v) is 1.72.